The Morgan fingerprint density at radius 2 is 1.75 bits per heavy atom. The third kappa shape index (κ3) is 4.99. The monoisotopic (exact) mass is 418 g/mol. The van der Waals surface area contributed by atoms with Crippen LogP contribution in [-0.4, -0.2) is 49.2 Å². The van der Waals surface area contributed by atoms with E-state index in [0.717, 1.165) is 25.7 Å². The number of nitrogens with one attached hydrogen (secondary N) is 2. The minimum atomic E-state index is -4.08. The molecule has 1 spiro atoms. The predicted octanol–water partition coefficient (Wildman–Crippen LogP) is 2.06. The molecule has 2 N–H and O–H groups in total. The van der Waals surface area contributed by atoms with E-state index in [-0.39, 0.29) is 5.41 Å². The highest BCUT2D eigenvalue weighted by Gasteiger charge is 2.47. The maximum atomic E-state index is 13.6. The Labute approximate surface area is 165 Å². The number of carbonyl (C=O) groups excluding carboxylic acids is 1. The van der Waals surface area contributed by atoms with Gasteiger partial charge >= 0.3 is 0 Å². The quantitative estimate of drug-likeness (QED) is 0.661. The van der Waals surface area contributed by atoms with Crippen LogP contribution in [0.1, 0.15) is 64.7 Å². The molecule has 0 aromatic rings. The normalized spacial score (nSPS) is 25.2. The van der Waals surface area contributed by atoms with Gasteiger partial charge in [-0.1, -0.05) is 12.8 Å². The number of rotatable bonds is 7. The summed E-state index contributed by atoms with van der Waals surface area (Å²) in [6, 6.07) is 0.321. The zero-order valence-corrected chi connectivity index (χ0v) is 17.0. The number of carbonyl (C=O) groups is 1. The van der Waals surface area contributed by atoms with Crippen molar-refractivity contribution in [3.05, 3.63) is 0 Å². The Kier molecular flexibility index (Phi) is 5.73. The molecule has 1 unspecified atom stereocenters. The number of amides is 1. The van der Waals surface area contributed by atoms with E-state index in [0.29, 0.717) is 32.9 Å². The topological polar surface area (TPSA) is 102 Å². The molecule has 1 heterocycles. The van der Waals surface area contributed by atoms with Gasteiger partial charge in [0.15, 0.2) is 0 Å². The van der Waals surface area contributed by atoms with Crippen LogP contribution in [0.4, 0.5) is 8.78 Å². The van der Waals surface area contributed by atoms with Gasteiger partial charge < -0.3 is 5.32 Å². The molecule has 2 aliphatic carbocycles. The molecular formula is C18H28F2N4O3S. The van der Waals surface area contributed by atoms with Crippen LogP contribution in [0.3, 0.4) is 0 Å². The van der Waals surface area contributed by atoms with E-state index >= 15 is 0 Å². The van der Waals surface area contributed by atoms with E-state index < -0.39 is 40.0 Å². The molecule has 158 valence electrons. The number of hydrogen-bond donors (Lipinski definition) is 2. The van der Waals surface area contributed by atoms with Crippen molar-refractivity contribution in [3.8, 4) is 6.07 Å². The maximum Gasteiger partial charge on any atom is 0.280 e. The van der Waals surface area contributed by atoms with E-state index in [4.69, 9.17) is 5.26 Å². The third-order valence-electron chi connectivity index (χ3n) is 6.28. The molecule has 10 heteroatoms. The standard InChI is InChI=1S/C18H28F2N4O3S/c1-16(19,20)12-14(15(25)22-18(13-21)6-7-18)23-28(26,27)24-10-8-17(9-11-24)4-2-3-5-17/h14,23H,2-12H2,1H3,(H,22,25). The molecule has 0 aromatic carbocycles. The van der Waals surface area contributed by atoms with Gasteiger partial charge in [0.2, 0.25) is 11.8 Å². The lowest BCUT2D eigenvalue weighted by atomic mass is 9.78. The molecule has 1 atom stereocenters. The Morgan fingerprint density at radius 1 is 1.18 bits per heavy atom. The highest BCUT2D eigenvalue weighted by Crippen LogP contribution is 2.46. The Balaban J connectivity index is 1.66. The third-order valence-corrected chi connectivity index (χ3v) is 7.91. The zero-order chi connectivity index (χ0) is 20.6. The first kappa shape index (κ1) is 21.4. The molecule has 1 amide bonds. The molecule has 28 heavy (non-hydrogen) atoms. The molecule has 7 nitrogen and oxygen atoms in total. The number of alkyl halides is 2. The van der Waals surface area contributed by atoms with Crippen molar-refractivity contribution in [1.82, 2.24) is 14.3 Å². The van der Waals surface area contributed by atoms with Gasteiger partial charge in [-0.05, 0) is 50.9 Å². The second-order valence-electron chi connectivity index (χ2n) is 8.74. The van der Waals surface area contributed by atoms with Gasteiger partial charge in [-0.3, -0.25) is 4.79 Å². The van der Waals surface area contributed by atoms with Crippen LogP contribution in [0.25, 0.3) is 0 Å². The molecule has 3 aliphatic rings. The lowest BCUT2D eigenvalue weighted by molar-refractivity contribution is -0.125. The predicted molar refractivity (Wildman–Crippen MR) is 98.5 cm³/mol. The minimum absolute atomic E-state index is 0.213. The highest BCUT2D eigenvalue weighted by molar-refractivity contribution is 7.87. The SMILES string of the molecule is CC(F)(F)CC(NS(=O)(=O)N1CCC2(CCCC2)CC1)C(=O)NC1(C#N)CC1. The van der Waals surface area contributed by atoms with Gasteiger partial charge in [-0.25, -0.2) is 8.78 Å². The van der Waals surface area contributed by atoms with E-state index in [2.05, 4.69) is 10.0 Å². The van der Waals surface area contributed by atoms with Gasteiger partial charge in [0.05, 0.1) is 6.07 Å². The average molecular weight is 419 g/mol. The summed E-state index contributed by atoms with van der Waals surface area (Å²) in [4.78, 5) is 12.5. The number of nitriles is 1. The Hall–Kier alpha value is -1.31. The highest BCUT2D eigenvalue weighted by atomic mass is 32.2. The summed E-state index contributed by atoms with van der Waals surface area (Å²) in [5.74, 6) is -4.11. The number of hydrogen-bond acceptors (Lipinski definition) is 4. The van der Waals surface area contributed by atoms with Gasteiger partial charge in [0.25, 0.3) is 10.2 Å². The van der Waals surface area contributed by atoms with Crippen LogP contribution in [0.15, 0.2) is 0 Å². The Bertz CT molecular complexity index is 740. The molecule has 1 aliphatic heterocycles. The fourth-order valence-corrected chi connectivity index (χ4v) is 5.70. The van der Waals surface area contributed by atoms with Crippen LogP contribution >= 0.6 is 0 Å². The van der Waals surface area contributed by atoms with Crippen molar-refractivity contribution in [2.24, 2.45) is 5.41 Å². The van der Waals surface area contributed by atoms with Crippen LogP contribution in [0.5, 0.6) is 0 Å². The molecule has 0 bridgehead atoms. The smallest absolute Gasteiger partial charge is 0.280 e. The van der Waals surface area contributed by atoms with Crippen molar-refractivity contribution in [2.45, 2.75) is 82.2 Å². The van der Waals surface area contributed by atoms with E-state index in [1.165, 1.54) is 17.1 Å². The summed E-state index contributed by atoms with van der Waals surface area (Å²) >= 11 is 0. The molecular weight excluding hydrogens is 390 g/mol. The molecule has 0 radical (unpaired) electrons. The van der Waals surface area contributed by atoms with Crippen LogP contribution in [0.2, 0.25) is 0 Å². The van der Waals surface area contributed by atoms with E-state index in [1.54, 1.807) is 0 Å². The molecule has 3 fully saturated rings. The molecule has 2 saturated carbocycles. The first-order chi connectivity index (χ1) is 13.0. The van der Waals surface area contributed by atoms with Gasteiger partial charge in [0.1, 0.15) is 11.6 Å². The fourth-order valence-electron chi connectivity index (χ4n) is 4.34. The second-order valence-corrected chi connectivity index (χ2v) is 10.4. The fraction of sp³-hybridized carbons (Fsp3) is 0.889. The lowest BCUT2D eigenvalue weighted by Gasteiger charge is -2.39. The largest absolute Gasteiger partial charge is 0.336 e. The van der Waals surface area contributed by atoms with E-state index in [1.807, 2.05) is 6.07 Å². The summed E-state index contributed by atoms with van der Waals surface area (Å²) in [5.41, 5.74) is -0.839. The first-order valence-corrected chi connectivity index (χ1v) is 11.3. The van der Waals surface area contributed by atoms with E-state index in [9.17, 15) is 22.0 Å². The van der Waals surface area contributed by atoms with Crippen molar-refractivity contribution in [2.75, 3.05) is 13.1 Å². The minimum Gasteiger partial charge on any atom is -0.336 e. The lowest BCUT2D eigenvalue weighted by Crippen LogP contribution is -2.56. The maximum absolute atomic E-state index is 13.6. The summed E-state index contributed by atoms with van der Waals surface area (Å²) in [5, 5.41) is 11.5. The molecule has 1 saturated heterocycles. The zero-order valence-electron chi connectivity index (χ0n) is 16.1. The second kappa shape index (κ2) is 7.50. The van der Waals surface area contributed by atoms with Gasteiger partial charge in [0, 0.05) is 19.5 Å². The van der Waals surface area contributed by atoms with Crippen LogP contribution in [-0.2, 0) is 15.0 Å². The summed E-state index contributed by atoms with van der Waals surface area (Å²) < 4.78 is 56.1. The van der Waals surface area contributed by atoms with Crippen LogP contribution < -0.4 is 10.0 Å². The number of halogens is 2. The Morgan fingerprint density at radius 3 is 2.21 bits per heavy atom. The van der Waals surface area contributed by atoms with Gasteiger partial charge in [-0.15, -0.1) is 0 Å². The molecule has 0 aromatic heterocycles. The average Bonchev–Trinajstić information content (AvgIpc) is 3.24. The summed E-state index contributed by atoms with van der Waals surface area (Å²) in [6.07, 6.45) is 5.97. The van der Waals surface area contributed by atoms with Crippen molar-refractivity contribution < 1.29 is 22.0 Å². The van der Waals surface area contributed by atoms with Gasteiger partial charge in [-0.2, -0.15) is 22.7 Å². The number of nitrogens with zero attached hydrogens (tertiary/aromatic N) is 2. The summed E-state index contributed by atoms with van der Waals surface area (Å²) in [7, 11) is -4.08. The van der Waals surface area contributed by atoms with Crippen molar-refractivity contribution >= 4 is 16.1 Å². The number of piperidine rings is 1. The summed E-state index contributed by atoms with van der Waals surface area (Å²) in [6.45, 7) is 1.30. The van der Waals surface area contributed by atoms with Crippen molar-refractivity contribution in [3.63, 3.8) is 0 Å². The van der Waals surface area contributed by atoms with Crippen molar-refractivity contribution in [1.29, 1.82) is 5.26 Å². The molecule has 3 rings (SSSR count). The van der Waals surface area contributed by atoms with Crippen LogP contribution in [0, 0.1) is 16.7 Å². The first-order valence-electron chi connectivity index (χ1n) is 9.87.